The molecule has 0 aliphatic carbocycles. The molecular weight excluding hydrogens is 214 g/mol. The minimum Gasteiger partial charge on any atom is -0.469 e. The van der Waals surface area contributed by atoms with Crippen molar-refractivity contribution in [3.05, 3.63) is 59.0 Å². The van der Waals surface area contributed by atoms with Crippen LogP contribution in [0.4, 0.5) is 0 Å². The van der Waals surface area contributed by atoms with Crippen LogP contribution < -0.4 is 5.32 Å². The minimum absolute atomic E-state index is 0.106. The Balaban J connectivity index is 1.82. The summed E-state index contributed by atoms with van der Waals surface area (Å²) in [7, 11) is 0. The van der Waals surface area contributed by atoms with E-state index in [4.69, 9.17) is 4.42 Å². The van der Waals surface area contributed by atoms with E-state index in [9.17, 15) is 4.79 Å². The summed E-state index contributed by atoms with van der Waals surface area (Å²) < 4.78 is 5.19. The van der Waals surface area contributed by atoms with Crippen LogP contribution in [0.2, 0.25) is 0 Å². The summed E-state index contributed by atoms with van der Waals surface area (Å²) in [5.41, 5.74) is 3.29. The van der Waals surface area contributed by atoms with Gasteiger partial charge in [-0.15, -0.1) is 0 Å². The molecule has 1 aromatic heterocycles. The molecule has 1 aliphatic rings. The molecule has 17 heavy (non-hydrogen) atoms. The van der Waals surface area contributed by atoms with Gasteiger partial charge in [-0.1, -0.05) is 12.1 Å². The third-order valence-electron chi connectivity index (χ3n) is 3.07. The first kappa shape index (κ1) is 10.3. The lowest BCUT2D eigenvalue weighted by Gasteiger charge is -2.02. The van der Waals surface area contributed by atoms with E-state index in [1.165, 1.54) is 11.1 Å². The van der Waals surface area contributed by atoms with Crippen molar-refractivity contribution in [3.63, 3.8) is 0 Å². The molecule has 0 amide bonds. The van der Waals surface area contributed by atoms with Crippen LogP contribution in [0.15, 0.2) is 41.0 Å². The molecular formula is C14H13NO2. The number of nitrogens with one attached hydrogen (secondary N) is 1. The van der Waals surface area contributed by atoms with Crippen molar-refractivity contribution in [3.8, 4) is 0 Å². The zero-order valence-corrected chi connectivity index (χ0v) is 9.40. The maximum atomic E-state index is 12.0. The van der Waals surface area contributed by atoms with Gasteiger partial charge in [0.1, 0.15) is 5.76 Å². The number of Topliss-reactive ketones (excluding diaryl/α,β-unsaturated/α-hetero) is 1. The van der Waals surface area contributed by atoms with Gasteiger partial charge >= 0.3 is 0 Å². The first-order valence-corrected chi connectivity index (χ1v) is 5.71. The highest BCUT2D eigenvalue weighted by Crippen LogP contribution is 2.18. The normalized spacial score (nSPS) is 13.6. The second kappa shape index (κ2) is 4.18. The molecule has 2 heterocycles. The molecule has 3 rings (SSSR count). The Labute approximate surface area is 99.4 Å². The molecule has 0 saturated carbocycles. The Morgan fingerprint density at radius 2 is 2.12 bits per heavy atom. The van der Waals surface area contributed by atoms with E-state index in [0.29, 0.717) is 12.2 Å². The van der Waals surface area contributed by atoms with Crippen LogP contribution in [0, 0.1) is 0 Å². The highest BCUT2D eigenvalue weighted by Gasteiger charge is 2.14. The third kappa shape index (κ3) is 2.01. The zero-order valence-electron chi connectivity index (χ0n) is 9.40. The Morgan fingerprint density at radius 3 is 2.94 bits per heavy atom. The SMILES string of the molecule is O=C(Cc1ccco1)c1ccc2c(c1)CNC2. The van der Waals surface area contributed by atoms with Gasteiger partial charge in [-0.2, -0.15) is 0 Å². The van der Waals surface area contributed by atoms with Gasteiger partial charge < -0.3 is 9.73 Å². The van der Waals surface area contributed by atoms with Gasteiger partial charge in [-0.3, -0.25) is 4.79 Å². The summed E-state index contributed by atoms with van der Waals surface area (Å²) in [5, 5.41) is 3.27. The van der Waals surface area contributed by atoms with Gasteiger partial charge in [0.2, 0.25) is 0 Å². The van der Waals surface area contributed by atoms with Crippen molar-refractivity contribution >= 4 is 5.78 Å². The van der Waals surface area contributed by atoms with Crippen molar-refractivity contribution < 1.29 is 9.21 Å². The number of furan rings is 1. The quantitative estimate of drug-likeness (QED) is 0.818. The van der Waals surface area contributed by atoms with E-state index in [0.717, 1.165) is 18.7 Å². The van der Waals surface area contributed by atoms with Gasteiger partial charge in [-0.05, 0) is 29.3 Å². The average molecular weight is 227 g/mol. The Morgan fingerprint density at radius 1 is 1.24 bits per heavy atom. The number of fused-ring (bicyclic) bond motifs is 1. The second-order valence-corrected chi connectivity index (χ2v) is 4.27. The van der Waals surface area contributed by atoms with Gasteiger partial charge in [0.15, 0.2) is 5.78 Å². The molecule has 86 valence electrons. The summed E-state index contributed by atoms with van der Waals surface area (Å²) in [5.74, 6) is 0.822. The van der Waals surface area contributed by atoms with Crippen LogP contribution >= 0.6 is 0 Å². The van der Waals surface area contributed by atoms with Gasteiger partial charge in [0.25, 0.3) is 0 Å². The fraction of sp³-hybridized carbons (Fsp3) is 0.214. The largest absolute Gasteiger partial charge is 0.469 e. The lowest BCUT2D eigenvalue weighted by molar-refractivity contribution is 0.0987. The highest BCUT2D eigenvalue weighted by molar-refractivity contribution is 5.97. The molecule has 2 aromatic rings. The molecule has 0 fully saturated rings. The fourth-order valence-corrected chi connectivity index (χ4v) is 2.14. The molecule has 1 aromatic carbocycles. The Bertz CT molecular complexity index is 543. The Kier molecular flexibility index (Phi) is 2.53. The average Bonchev–Trinajstić information content (AvgIpc) is 2.97. The summed E-state index contributed by atoms with van der Waals surface area (Å²) in [6.45, 7) is 1.76. The third-order valence-corrected chi connectivity index (χ3v) is 3.07. The number of rotatable bonds is 3. The maximum absolute atomic E-state index is 12.0. The molecule has 1 N–H and O–H groups in total. The molecule has 0 radical (unpaired) electrons. The van der Waals surface area contributed by atoms with Crippen LogP contribution in [0.3, 0.4) is 0 Å². The van der Waals surface area contributed by atoms with Gasteiger partial charge in [0.05, 0.1) is 12.7 Å². The monoisotopic (exact) mass is 227 g/mol. The smallest absolute Gasteiger partial charge is 0.170 e. The van der Waals surface area contributed by atoms with Crippen molar-refractivity contribution in [1.82, 2.24) is 5.32 Å². The van der Waals surface area contributed by atoms with E-state index in [-0.39, 0.29) is 5.78 Å². The molecule has 0 spiro atoms. The molecule has 0 bridgehead atoms. The summed E-state index contributed by atoms with van der Waals surface area (Å²) in [6.07, 6.45) is 1.93. The van der Waals surface area contributed by atoms with E-state index in [1.54, 1.807) is 12.3 Å². The van der Waals surface area contributed by atoms with Crippen LogP contribution in [0.5, 0.6) is 0 Å². The summed E-state index contributed by atoms with van der Waals surface area (Å²) in [4.78, 5) is 12.0. The first-order chi connectivity index (χ1) is 8.33. The van der Waals surface area contributed by atoms with E-state index in [1.807, 2.05) is 24.3 Å². The topological polar surface area (TPSA) is 42.2 Å². The van der Waals surface area contributed by atoms with Crippen LogP contribution in [0.1, 0.15) is 27.2 Å². The van der Waals surface area contributed by atoms with Crippen LogP contribution in [-0.2, 0) is 19.5 Å². The van der Waals surface area contributed by atoms with Gasteiger partial charge in [0, 0.05) is 18.7 Å². The minimum atomic E-state index is 0.106. The molecule has 0 saturated heterocycles. The molecule has 1 aliphatic heterocycles. The van der Waals surface area contributed by atoms with Gasteiger partial charge in [-0.25, -0.2) is 0 Å². The summed E-state index contributed by atoms with van der Waals surface area (Å²) >= 11 is 0. The molecule has 3 heteroatoms. The standard InChI is InChI=1S/C14H13NO2/c16-14(7-13-2-1-5-17-13)10-3-4-11-8-15-9-12(11)6-10/h1-6,15H,7-9H2. The van der Waals surface area contributed by atoms with Crippen molar-refractivity contribution in [2.24, 2.45) is 0 Å². The zero-order chi connectivity index (χ0) is 11.7. The number of hydrogen-bond acceptors (Lipinski definition) is 3. The van der Waals surface area contributed by atoms with Crippen LogP contribution in [-0.4, -0.2) is 5.78 Å². The van der Waals surface area contributed by atoms with Crippen LogP contribution in [0.25, 0.3) is 0 Å². The lowest BCUT2D eigenvalue weighted by atomic mass is 10.0. The van der Waals surface area contributed by atoms with E-state index < -0.39 is 0 Å². The summed E-state index contributed by atoms with van der Waals surface area (Å²) in [6, 6.07) is 9.55. The van der Waals surface area contributed by atoms with E-state index >= 15 is 0 Å². The Hall–Kier alpha value is -1.87. The van der Waals surface area contributed by atoms with Crippen molar-refractivity contribution in [2.75, 3.05) is 0 Å². The predicted octanol–water partition coefficient (Wildman–Crippen LogP) is 2.31. The molecule has 0 atom stereocenters. The molecule has 3 nitrogen and oxygen atoms in total. The number of ketones is 1. The second-order valence-electron chi connectivity index (χ2n) is 4.27. The lowest BCUT2D eigenvalue weighted by Crippen LogP contribution is -2.03. The van der Waals surface area contributed by atoms with Crippen molar-refractivity contribution in [1.29, 1.82) is 0 Å². The number of carbonyl (C=O) groups is 1. The first-order valence-electron chi connectivity index (χ1n) is 5.71. The highest BCUT2D eigenvalue weighted by atomic mass is 16.3. The fourth-order valence-electron chi connectivity index (χ4n) is 2.14. The van der Waals surface area contributed by atoms with Crippen molar-refractivity contribution in [2.45, 2.75) is 19.5 Å². The number of carbonyl (C=O) groups excluding carboxylic acids is 1. The predicted molar refractivity (Wildman–Crippen MR) is 63.7 cm³/mol. The maximum Gasteiger partial charge on any atom is 0.170 e. The number of hydrogen-bond donors (Lipinski definition) is 1. The van der Waals surface area contributed by atoms with E-state index in [2.05, 4.69) is 5.32 Å². The molecule has 0 unspecified atom stereocenters. The number of benzene rings is 1.